The van der Waals surface area contributed by atoms with E-state index in [0.29, 0.717) is 13.0 Å². The van der Waals surface area contributed by atoms with E-state index in [1.165, 1.54) is 62.2 Å². The molecule has 30 heavy (non-hydrogen) atoms. The van der Waals surface area contributed by atoms with Crippen molar-refractivity contribution in [2.75, 3.05) is 0 Å². The van der Waals surface area contributed by atoms with E-state index in [4.69, 9.17) is 0 Å². The van der Waals surface area contributed by atoms with Crippen molar-refractivity contribution >= 4 is 6.41 Å². The predicted molar refractivity (Wildman–Crippen MR) is 123 cm³/mol. The van der Waals surface area contributed by atoms with Crippen LogP contribution in [0, 0.1) is 12.8 Å². The normalized spacial score (nSPS) is 14.1. The van der Waals surface area contributed by atoms with Gasteiger partial charge in [-0.3, -0.25) is 4.79 Å². The molecule has 1 saturated carbocycles. The molecule has 1 fully saturated rings. The molecule has 1 aliphatic carbocycles. The van der Waals surface area contributed by atoms with Crippen molar-refractivity contribution in [2.24, 2.45) is 5.92 Å². The van der Waals surface area contributed by atoms with Crippen LogP contribution in [0.4, 0.5) is 0 Å². The summed E-state index contributed by atoms with van der Waals surface area (Å²) in [6.45, 7) is 8.19. The number of nitrogens with zero attached hydrogens (tertiary/aromatic N) is 3. The molecular weight excluding hydrogens is 372 g/mol. The first-order valence-corrected chi connectivity index (χ1v) is 11.8. The maximum absolute atomic E-state index is 9.95. The van der Waals surface area contributed by atoms with Crippen molar-refractivity contribution < 1.29 is 4.79 Å². The van der Waals surface area contributed by atoms with Gasteiger partial charge in [-0.15, -0.1) is 10.2 Å². The quantitative estimate of drug-likeness (QED) is 0.532. The Balaban J connectivity index is 0.000000248. The van der Waals surface area contributed by atoms with Gasteiger partial charge in [0.05, 0.1) is 0 Å². The van der Waals surface area contributed by atoms with E-state index in [1.807, 2.05) is 25.1 Å². The van der Waals surface area contributed by atoms with E-state index < -0.39 is 0 Å². The molecule has 0 atom stereocenters. The minimum atomic E-state index is 0.616. The zero-order chi connectivity index (χ0) is 21.6. The van der Waals surface area contributed by atoms with Crippen molar-refractivity contribution in [1.82, 2.24) is 20.1 Å². The van der Waals surface area contributed by atoms with E-state index in [-0.39, 0.29) is 0 Å². The van der Waals surface area contributed by atoms with Gasteiger partial charge >= 0.3 is 0 Å². The first kappa shape index (κ1) is 24.1. The van der Waals surface area contributed by atoms with E-state index in [2.05, 4.69) is 40.0 Å². The van der Waals surface area contributed by atoms with Gasteiger partial charge in [0.25, 0.3) is 0 Å². The van der Waals surface area contributed by atoms with Crippen molar-refractivity contribution in [2.45, 2.75) is 98.1 Å². The monoisotopic (exact) mass is 412 g/mol. The Kier molecular flexibility index (Phi) is 11.2. The van der Waals surface area contributed by atoms with Gasteiger partial charge in [0.2, 0.25) is 6.41 Å². The molecule has 0 saturated heterocycles. The number of hydrogen-bond acceptors (Lipinski definition) is 3. The number of carbonyl (C=O) groups excluding carboxylic acids is 1. The Morgan fingerprint density at radius 3 is 2.43 bits per heavy atom. The van der Waals surface area contributed by atoms with Crippen LogP contribution in [0.1, 0.15) is 88.0 Å². The van der Waals surface area contributed by atoms with Crippen molar-refractivity contribution in [1.29, 1.82) is 0 Å². The molecule has 1 amide bonds. The topological polar surface area (TPSA) is 59.8 Å². The SMILES string of the molecule is CCCc1nnc(CCC2CCCCC2)n1CCC.Cc1cccc(CNC=O)c1. The predicted octanol–water partition coefficient (Wildman–Crippen LogP) is 5.39. The number of aromatic nitrogens is 3. The van der Waals surface area contributed by atoms with Gasteiger partial charge in [0.15, 0.2) is 0 Å². The Labute approximate surface area is 182 Å². The molecule has 1 N–H and O–H groups in total. The first-order valence-electron chi connectivity index (χ1n) is 11.8. The lowest BCUT2D eigenvalue weighted by Crippen LogP contribution is -2.11. The highest BCUT2D eigenvalue weighted by Gasteiger charge is 2.16. The molecule has 0 unspecified atom stereocenters. The van der Waals surface area contributed by atoms with E-state index in [1.54, 1.807) is 0 Å². The van der Waals surface area contributed by atoms with Gasteiger partial charge < -0.3 is 9.88 Å². The molecule has 5 nitrogen and oxygen atoms in total. The maximum atomic E-state index is 9.95. The minimum Gasteiger partial charge on any atom is -0.355 e. The maximum Gasteiger partial charge on any atom is 0.207 e. The highest BCUT2D eigenvalue weighted by atomic mass is 16.1. The number of carbonyl (C=O) groups is 1. The number of aryl methyl sites for hydroxylation is 3. The van der Waals surface area contributed by atoms with Crippen LogP contribution in [0.5, 0.6) is 0 Å². The molecule has 166 valence electrons. The first-order chi connectivity index (χ1) is 14.7. The lowest BCUT2D eigenvalue weighted by Gasteiger charge is -2.21. The van der Waals surface area contributed by atoms with Crippen LogP contribution in [0.3, 0.4) is 0 Å². The molecule has 0 bridgehead atoms. The number of amides is 1. The summed E-state index contributed by atoms with van der Waals surface area (Å²) in [6, 6.07) is 8.06. The highest BCUT2D eigenvalue weighted by Crippen LogP contribution is 2.27. The second-order valence-electron chi connectivity index (χ2n) is 8.46. The van der Waals surface area contributed by atoms with E-state index in [0.717, 1.165) is 37.3 Å². The minimum absolute atomic E-state index is 0.616. The fourth-order valence-electron chi connectivity index (χ4n) is 4.24. The molecular formula is C25H40N4O. The summed E-state index contributed by atoms with van der Waals surface area (Å²) in [4.78, 5) is 9.95. The van der Waals surface area contributed by atoms with Crippen LogP contribution in [-0.4, -0.2) is 21.2 Å². The van der Waals surface area contributed by atoms with Crippen molar-refractivity contribution in [3.63, 3.8) is 0 Å². The Bertz CT molecular complexity index is 734. The van der Waals surface area contributed by atoms with Crippen LogP contribution in [-0.2, 0) is 30.7 Å². The molecule has 0 aliphatic heterocycles. The van der Waals surface area contributed by atoms with Gasteiger partial charge in [-0.05, 0) is 37.7 Å². The third kappa shape index (κ3) is 8.29. The number of rotatable bonds is 10. The summed E-state index contributed by atoms with van der Waals surface area (Å²) in [7, 11) is 0. The molecule has 3 rings (SSSR count). The van der Waals surface area contributed by atoms with E-state index in [9.17, 15) is 4.79 Å². The lowest BCUT2D eigenvalue weighted by molar-refractivity contribution is -0.109. The zero-order valence-corrected chi connectivity index (χ0v) is 19.2. The van der Waals surface area contributed by atoms with Crippen LogP contribution in [0.25, 0.3) is 0 Å². The summed E-state index contributed by atoms with van der Waals surface area (Å²) in [5.74, 6) is 3.37. The Morgan fingerprint density at radius 2 is 1.80 bits per heavy atom. The van der Waals surface area contributed by atoms with Gasteiger partial charge in [0.1, 0.15) is 11.6 Å². The van der Waals surface area contributed by atoms with Crippen LogP contribution in [0.15, 0.2) is 24.3 Å². The molecule has 1 aliphatic rings. The summed E-state index contributed by atoms with van der Waals surface area (Å²) >= 11 is 0. The largest absolute Gasteiger partial charge is 0.355 e. The van der Waals surface area contributed by atoms with Gasteiger partial charge in [0, 0.05) is 25.9 Å². The fraction of sp³-hybridized carbons (Fsp3) is 0.640. The number of benzene rings is 1. The molecule has 5 heteroatoms. The molecule has 0 spiro atoms. The standard InChI is InChI=1S/C16H29N3.C9H11NO/c1-3-8-15-17-18-16(19(15)13-4-2)12-11-14-9-6-5-7-10-14;1-8-3-2-4-9(5-8)6-10-7-11/h14H,3-13H2,1-2H3;2-5,7H,6H2,1H3,(H,10,11). The van der Waals surface area contributed by atoms with Gasteiger partial charge in [-0.25, -0.2) is 0 Å². The average molecular weight is 413 g/mol. The Morgan fingerprint density at radius 1 is 1.07 bits per heavy atom. The number of nitrogens with one attached hydrogen (secondary N) is 1. The second-order valence-corrected chi connectivity index (χ2v) is 8.46. The van der Waals surface area contributed by atoms with Crippen molar-refractivity contribution in [3.8, 4) is 0 Å². The summed E-state index contributed by atoms with van der Waals surface area (Å²) in [5, 5.41) is 11.5. The van der Waals surface area contributed by atoms with Crippen LogP contribution < -0.4 is 5.32 Å². The summed E-state index contributed by atoms with van der Waals surface area (Å²) in [6.07, 6.45) is 13.7. The average Bonchev–Trinajstić information content (AvgIpc) is 3.14. The van der Waals surface area contributed by atoms with Crippen LogP contribution in [0.2, 0.25) is 0 Å². The third-order valence-corrected chi connectivity index (χ3v) is 5.80. The van der Waals surface area contributed by atoms with E-state index >= 15 is 0 Å². The number of hydrogen-bond donors (Lipinski definition) is 1. The smallest absolute Gasteiger partial charge is 0.207 e. The Hall–Kier alpha value is -2.17. The van der Waals surface area contributed by atoms with Crippen molar-refractivity contribution in [3.05, 3.63) is 47.0 Å². The highest BCUT2D eigenvalue weighted by molar-refractivity contribution is 5.46. The summed E-state index contributed by atoms with van der Waals surface area (Å²) in [5.41, 5.74) is 2.35. The second kappa shape index (κ2) is 13.9. The molecule has 1 aromatic carbocycles. The summed E-state index contributed by atoms with van der Waals surface area (Å²) < 4.78 is 2.38. The molecule has 2 aromatic rings. The zero-order valence-electron chi connectivity index (χ0n) is 19.2. The molecule has 1 aromatic heterocycles. The molecule has 0 radical (unpaired) electrons. The molecule has 1 heterocycles. The fourth-order valence-corrected chi connectivity index (χ4v) is 4.24. The van der Waals surface area contributed by atoms with Gasteiger partial charge in [-0.1, -0.05) is 75.8 Å². The van der Waals surface area contributed by atoms with Crippen LogP contribution >= 0.6 is 0 Å². The lowest BCUT2D eigenvalue weighted by atomic mass is 9.86. The van der Waals surface area contributed by atoms with Gasteiger partial charge in [-0.2, -0.15) is 0 Å². The third-order valence-electron chi connectivity index (χ3n) is 5.80.